The van der Waals surface area contributed by atoms with Crippen molar-refractivity contribution >= 4 is 0 Å². The molecule has 2 nitrogen and oxygen atoms in total. The Morgan fingerprint density at radius 3 is 2.90 bits per heavy atom. The zero-order valence-corrected chi connectivity index (χ0v) is 7.06. The Kier molecular flexibility index (Phi) is 3.16. The quantitative estimate of drug-likeness (QED) is 0.623. The largest absolute Gasteiger partial charge is 0.318 e. The predicted molar refractivity (Wildman–Crippen MR) is 44.2 cm³/mol. The molecular weight excluding hydrogens is 124 g/mol. The Bertz CT molecular complexity index is 93.3. The summed E-state index contributed by atoms with van der Waals surface area (Å²) >= 11 is 0. The van der Waals surface area contributed by atoms with Crippen molar-refractivity contribution in [1.29, 1.82) is 0 Å². The second kappa shape index (κ2) is 3.94. The fourth-order valence-corrected chi connectivity index (χ4v) is 1.58. The van der Waals surface area contributed by atoms with Gasteiger partial charge in [0.2, 0.25) is 0 Å². The standard InChI is InChI=1S/C8H18N2/c1-8-4-3-6-10(8)7-5-9-2/h8-9H,3-7H2,1-2H3/t8-/m1/s1. The number of hydrogen-bond acceptors (Lipinski definition) is 2. The number of hydrogen-bond donors (Lipinski definition) is 1. The zero-order valence-electron chi connectivity index (χ0n) is 7.06. The Hall–Kier alpha value is -0.0800. The van der Waals surface area contributed by atoms with E-state index in [1.54, 1.807) is 0 Å². The first-order valence-electron chi connectivity index (χ1n) is 4.23. The second-order valence-electron chi connectivity index (χ2n) is 3.13. The molecule has 1 N–H and O–H groups in total. The average Bonchev–Trinajstić information content (AvgIpc) is 2.31. The van der Waals surface area contributed by atoms with Crippen LogP contribution in [0.4, 0.5) is 0 Å². The van der Waals surface area contributed by atoms with Crippen molar-refractivity contribution in [3.05, 3.63) is 0 Å². The van der Waals surface area contributed by atoms with Gasteiger partial charge in [0.15, 0.2) is 0 Å². The molecule has 1 atom stereocenters. The summed E-state index contributed by atoms with van der Waals surface area (Å²) in [7, 11) is 2.01. The summed E-state index contributed by atoms with van der Waals surface area (Å²) in [5.74, 6) is 0. The van der Waals surface area contributed by atoms with Crippen LogP contribution in [0.15, 0.2) is 0 Å². The highest BCUT2D eigenvalue weighted by Gasteiger charge is 2.18. The fraction of sp³-hybridized carbons (Fsp3) is 1.00. The van der Waals surface area contributed by atoms with Crippen molar-refractivity contribution in [2.75, 3.05) is 26.7 Å². The number of nitrogens with zero attached hydrogens (tertiary/aromatic N) is 1. The van der Waals surface area contributed by atoms with Crippen LogP contribution in [0.25, 0.3) is 0 Å². The molecule has 0 aromatic heterocycles. The van der Waals surface area contributed by atoms with Crippen molar-refractivity contribution in [3.8, 4) is 0 Å². The molecule has 0 aliphatic carbocycles. The molecular formula is C8H18N2. The van der Waals surface area contributed by atoms with E-state index in [-0.39, 0.29) is 0 Å². The van der Waals surface area contributed by atoms with Crippen LogP contribution in [0.1, 0.15) is 19.8 Å². The highest BCUT2D eigenvalue weighted by molar-refractivity contribution is 4.74. The topological polar surface area (TPSA) is 15.3 Å². The van der Waals surface area contributed by atoms with Gasteiger partial charge in [0.25, 0.3) is 0 Å². The molecule has 60 valence electrons. The molecule has 1 fully saturated rings. The van der Waals surface area contributed by atoms with Gasteiger partial charge >= 0.3 is 0 Å². The van der Waals surface area contributed by atoms with Gasteiger partial charge in [-0.05, 0) is 33.4 Å². The molecule has 0 aromatic rings. The number of rotatable bonds is 3. The van der Waals surface area contributed by atoms with Gasteiger partial charge in [-0.3, -0.25) is 4.90 Å². The first-order valence-corrected chi connectivity index (χ1v) is 4.23. The Balaban J connectivity index is 2.14. The Morgan fingerprint density at radius 2 is 2.40 bits per heavy atom. The first kappa shape index (κ1) is 8.02. The van der Waals surface area contributed by atoms with Crippen LogP contribution in [-0.4, -0.2) is 37.6 Å². The summed E-state index contributed by atoms with van der Waals surface area (Å²) in [4.78, 5) is 2.55. The van der Waals surface area contributed by atoms with Crippen LogP contribution in [-0.2, 0) is 0 Å². The molecule has 0 saturated carbocycles. The van der Waals surface area contributed by atoms with E-state index < -0.39 is 0 Å². The summed E-state index contributed by atoms with van der Waals surface area (Å²) in [6.07, 6.45) is 2.79. The van der Waals surface area contributed by atoms with E-state index in [1.165, 1.54) is 25.9 Å². The molecule has 0 amide bonds. The normalized spacial score (nSPS) is 27.6. The third kappa shape index (κ3) is 1.96. The van der Waals surface area contributed by atoms with Gasteiger partial charge in [0.1, 0.15) is 0 Å². The molecule has 1 aliphatic rings. The Labute approximate surface area is 63.6 Å². The average molecular weight is 142 g/mol. The highest BCUT2D eigenvalue weighted by atomic mass is 15.2. The molecule has 0 aromatic carbocycles. The van der Waals surface area contributed by atoms with Crippen LogP contribution < -0.4 is 5.32 Å². The molecule has 0 spiro atoms. The highest BCUT2D eigenvalue weighted by Crippen LogP contribution is 2.14. The Morgan fingerprint density at radius 1 is 1.60 bits per heavy atom. The van der Waals surface area contributed by atoms with Crippen molar-refractivity contribution in [1.82, 2.24) is 10.2 Å². The summed E-state index contributed by atoms with van der Waals surface area (Å²) in [5.41, 5.74) is 0. The number of nitrogens with one attached hydrogen (secondary N) is 1. The van der Waals surface area contributed by atoms with Crippen LogP contribution in [0.5, 0.6) is 0 Å². The van der Waals surface area contributed by atoms with Crippen molar-refractivity contribution in [2.24, 2.45) is 0 Å². The van der Waals surface area contributed by atoms with Crippen molar-refractivity contribution < 1.29 is 0 Å². The second-order valence-corrected chi connectivity index (χ2v) is 3.13. The monoisotopic (exact) mass is 142 g/mol. The molecule has 0 bridgehead atoms. The lowest BCUT2D eigenvalue weighted by Crippen LogP contribution is -2.33. The lowest BCUT2D eigenvalue weighted by atomic mass is 10.2. The lowest BCUT2D eigenvalue weighted by Gasteiger charge is -2.20. The molecule has 1 aliphatic heterocycles. The molecule has 1 saturated heterocycles. The van der Waals surface area contributed by atoms with Crippen molar-refractivity contribution in [2.45, 2.75) is 25.8 Å². The van der Waals surface area contributed by atoms with Gasteiger partial charge in [-0.2, -0.15) is 0 Å². The summed E-state index contributed by atoms with van der Waals surface area (Å²) in [6, 6.07) is 0.827. The molecule has 2 heteroatoms. The third-order valence-electron chi connectivity index (χ3n) is 2.34. The maximum atomic E-state index is 3.17. The zero-order chi connectivity index (χ0) is 7.40. The van der Waals surface area contributed by atoms with E-state index >= 15 is 0 Å². The predicted octanol–water partition coefficient (Wildman–Crippen LogP) is 0.690. The molecule has 1 rings (SSSR count). The van der Waals surface area contributed by atoms with Gasteiger partial charge in [-0.15, -0.1) is 0 Å². The maximum Gasteiger partial charge on any atom is 0.0110 e. The third-order valence-corrected chi connectivity index (χ3v) is 2.34. The van der Waals surface area contributed by atoms with Gasteiger partial charge in [-0.1, -0.05) is 0 Å². The van der Waals surface area contributed by atoms with Crippen LogP contribution in [0.3, 0.4) is 0 Å². The summed E-state index contributed by atoms with van der Waals surface area (Å²) in [5, 5.41) is 3.17. The van der Waals surface area contributed by atoms with E-state index in [4.69, 9.17) is 0 Å². The number of likely N-dealkylation sites (N-methyl/N-ethyl adjacent to an activating group) is 1. The van der Waals surface area contributed by atoms with Gasteiger partial charge in [0, 0.05) is 19.1 Å². The SMILES string of the molecule is CNCCN1CCC[C@H]1C. The smallest absolute Gasteiger partial charge is 0.0110 e. The van der Waals surface area contributed by atoms with Crippen LogP contribution >= 0.6 is 0 Å². The van der Waals surface area contributed by atoms with Gasteiger partial charge in [0.05, 0.1) is 0 Å². The molecule has 0 unspecified atom stereocenters. The van der Waals surface area contributed by atoms with E-state index in [0.29, 0.717) is 0 Å². The lowest BCUT2D eigenvalue weighted by molar-refractivity contribution is 0.271. The minimum absolute atomic E-state index is 0.827. The molecule has 1 heterocycles. The number of likely N-dealkylation sites (tertiary alicyclic amines) is 1. The molecule has 0 radical (unpaired) electrons. The van der Waals surface area contributed by atoms with E-state index in [1.807, 2.05) is 7.05 Å². The van der Waals surface area contributed by atoms with Crippen LogP contribution in [0.2, 0.25) is 0 Å². The summed E-state index contributed by atoms with van der Waals surface area (Å²) < 4.78 is 0. The van der Waals surface area contributed by atoms with Crippen molar-refractivity contribution in [3.63, 3.8) is 0 Å². The minimum atomic E-state index is 0.827. The van der Waals surface area contributed by atoms with Crippen LogP contribution in [0, 0.1) is 0 Å². The van der Waals surface area contributed by atoms with E-state index in [9.17, 15) is 0 Å². The minimum Gasteiger partial charge on any atom is -0.318 e. The fourth-order valence-electron chi connectivity index (χ4n) is 1.58. The summed E-state index contributed by atoms with van der Waals surface area (Å²) in [6.45, 7) is 5.98. The van der Waals surface area contributed by atoms with E-state index in [0.717, 1.165) is 12.6 Å². The molecule has 10 heavy (non-hydrogen) atoms. The maximum absolute atomic E-state index is 3.17. The van der Waals surface area contributed by atoms with Gasteiger partial charge in [-0.25, -0.2) is 0 Å². The van der Waals surface area contributed by atoms with E-state index in [2.05, 4.69) is 17.1 Å². The van der Waals surface area contributed by atoms with Gasteiger partial charge < -0.3 is 5.32 Å². The first-order chi connectivity index (χ1) is 4.84.